The number of benzene rings is 2. The zero-order valence-electron chi connectivity index (χ0n) is 17.2. The minimum absolute atomic E-state index is 0.000963. The Morgan fingerprint density at radius 2 is 1.68 bits per heavy atom. The van der Waals surface area contributed by atoms with E-state index in [1.165, 1.54) is 42.5 Å². The number of hydrogen-bond acceptors (Lipinski definition) is 2. The van der Waals surface area contributed by atoms with Crippen LogP contribution in [0.15, 0.2) is 42.5 Å². The molecule has 0 radical (unpaired) electrons. The van der Waals surface area contributed by atoms with Crippen LogP contribution < -0.4 is 10.2 Å². The minimum Gasteiger partial charge on any atom is -0.372 e. The van der Waals surface area contributed by atoms with Crippen LogP contribution in [0.4, 0.5) is 5.69 Å². The number of fused-ring (bicyclic) bond motifs is 1. The molecule has 0 unspecified atom stereocenters. The fraction of sp³-hybridized carbons (Fsp3) is 0.480. The van der Waals surface area contributed by atoms with E-state index in [4.69, 9.17) is 0 Å². The van der Waals surface area contributed by atoms with E-state index in [9.17, 15) is 4.79 Å². The summed E-state index contributed by atoms with van der Waals surface area (Å²) in [6, 6.07) is 14.9. The van der Waals surface area contributed by atoms with Gasteiger partial charge in [0.15, 0.2) is 0 Å². The van der Waals surface area contributed by atoms with E-state index in [0.29, 0.717) is 0 Å². The van der Waals surface area contributed by atoms with Crippen molar-refractivity contribution in [2.75, 3.05) is 18.0 Å². The van der Waals surface area contributed by atoms with Crippen LogP contribution in [0.3, 0.4) is 0 Å². The summed E-state index contributed by atoms with van der Waals surface area (Å²) in [4.78, 5) is 15.2. The molecule has 0 aromatic heterocycles. The summed E-state index contributed by atoms with van der Waals surface area (Å²) in [5.74, 6) is 0.865. The second kappa shape index (κ2) is 8.38. The van der Waals surface area contributed by atoms with Crippen molar-refractivity contribution in [3.63, 3.8) is 0 Å². The number of nitrogens with zero attached hydrogens (tertiary/aromatic N) is 1. The summed E-state index contributed by atoms with van der Waals surface area (Å²) in [5, 5.41) is 3.17. The van der Waals surface area contributed by atoms with Crippen molar-refractivity contribution in [1.82, 2.24) is 5.32 Å². The number of amides is 1. The zero-order valence-corrected chi connectivity index (χ0v) is 17.2. The lowest BCUT2D eigenvalue weighted by atomic mass is 9.90. The average Bonchev–Trinajstić information content (AvgIpc) is 2.74. The van der Waals surface area contributed by atoms with Crippen LogP contribution in [-0.4, -0.2) is 19.0 Å². The lowest BCUT2D eigenvalue weighted by Gasteiger charge is -2.32. The smallest absolute Gasteiger partial charge is 0.251 e. The van der Waals surface area contributed by atoms with Crippen LogP contribution in [0.2, 0.25) is 0 Å². The van der Waals surface area contributed by atoms with Gasteiger partial charge in [0.25, 0.3) is 5.91 Å². The fourth-order valence-corrected chi connectivity index (χ4v) is 4.48. The first-order chi connectivity index (χ1) is 13.6. The van der Waals surface area contributed by atoms with Gasteiger partial charge in [0.2, 0.25) is 0 Å². The van der Waals surface area contributed by atoms with E-state index in [2.05, 4.69) is 60.5 Å². The van der Waals surface area contributed by atoms with Crippen LogP contribution in [0, 0.1) is 5.92 Å². The molecule has 1 aliphatic heterocycles. The molecule has 1 atom stereocenters. The molecule has 0 spiro atoms. The normalized spacial score (nSPS) is 18.4. The maximum absolute atomic E-state index is 12.7. The summed E-state index contributed by atoms with van der Waals surface area (Å²) >= 11 is 0. The highest BCUT2D eigenvalue weighted by Gasteiger charge is 2.18. The van der Waals surface area contributed by atoms with Crippen LogP contribution in [0.25, 0.3) is 0 Å². The number of hydrogen-bond donors (Lipinski definition) is 1. The first-order valence-electron chi connectivity index (χ1n) is 10.9. The topological polar surface area (TPSA) is 32.3 Å². The third kappa shape index (κ3) is 4.24. The SMILES string of the molecule is CC1CCN(c2ccc([C@H](C)NC(=O)c3ccc4c(c3)CCCC4)cc2)CC1. The summed E-state index contributed by atoms with van der Waals surface area (Å²) in [6.07, 6.45) is 7.29. The van der Waals surface area contributed by atoms with Gasteiger partial charge in [-0.1, -0.05) is 25.1 Å². The first kappa shape index (κ1) is 19.0. The summed E-state index contributed by atoms with van der Waals surface area (Å²) in [7, 11) is 0. The Kier molecular flexibility index (Phi) is 5.70. The number of piperidine rings is 1. The minimum atomic E-state index is -0.000963. The average molecular weight is 377 g/mol. The molecule has 1 fully saturated rings. The largest absolute Gasteiger partial charge is 0.372 e. The van der Waals surface area contributed by atoms with E-state index in [-0.39, 0.29) is 11.9 Å². The standard InChI is InChI=1S/C25H32N2O/c1-18-13-15-27(16-14-18)24-11-9-20(10-12-24)19(2)26-25(28)23-8-7-21-5-3-4-6-22(21)17-23/h7-12,17-19H,3-6,13-16H2,1-2H3,(H,26,28)/t19-/m0/s1. The number of nitrogens with one attached hydrogen (secondary N) is 1. The van der Waals surface area contributed by atoms with Crippen molar-refractivity contribution in [3.05, 3.63) is 64.7 Å². The predicted molar refractivity (Wildman–Crippen MR) is 116 cm³/mol. The molecule has 3 nitrogen and oxygen atoms in total. The van der Waals surface area contributed by atoms with E-state index >= 15 is 0 Å². The molecule has 28 heavy (non-hydrogen) atoms. The molecule has 1 amide bonds. The number of carbonyl (C=O) groups is 1. The first-order valence-corrected chi connectivity index (χ1v) is 10.9. The van der Waals surface area contributed by atoms with Gasteiger partial charge in [0, 0.05) is 24.3 Å². The quantitative estimate of drug-likeness (QED) is 0.786. The maximum atomic E-state index is 12.7. The van der Waals surface area contributed by atoms with Gasteiger partial charge in [-0.3, -0.25) is 4.79 Å². The van der Waals surface area contributed by atoms with Crippen LogP contribution in [0.1, 0.15) is 72.6 Å². The Morgan fingerprint density at radius 1 is 1.00 bits per heavy atom. The van der Waals surface area contributed by atoms with Crippen LogP contribution in [-0.2, 0) is 12.8 Å². The number of carbonyl (C=O) groups excluding carboxylic acids is 1. The van der Waals surface area contributed by atoms with Crippen molar-refractivity contribution in [2.24, 2.45) is 5.92 Å². The Labute approximate surface area is 169 Å². The Hall–Kier alpha value is -2.29. The molecule has 2 aromatic carbocycles. The van der Waals surface area contributed by atoms with Gasteiger partial charge >= 0.3 is 0 Å². The molecule has 148 valence electrons. The number of aryl methyl sites for hydroxylation is 2. The van der Waals surface area contributed by atoms with Crippen molar-refractivity contribution in [2.45, 2.75) is 58.4 Å². The molecular weight excluding hydrogens is 344 g/mol. The second-order valence-electron chi connectivity index (χ2n) is 8.65. The van der Waals surface area contributed by atoms with Crippen LogP contribution in [0.5, 0.6) is 0 Å². The van der Waals surface area contributed by atoms with Gasteiger partial charge < -0.3 is 10.2 Å². The molecule has 1 N–H and O–H groups in total. The summed E-state index contributed by atoms with van der Waals surface area (Å²) in [6.45, 7) is 6.69. The van der Waals surface area contributed by atoms with Gasteiger partial charge in [0.1, 0.15) is 0 Å². The van der Waals surface area contributed by atoms with Crippen LogP contribution >= 0.6 is 0 Å². The molecule has 3 heteroatoms. The number of anilines is 1. The van der Waals surface area contributed by atoms with Crippen molar-refractivity contribution >= 4 is 11.6 Å². The highest BCUT2D eigenvalue weighted by atomic mass is 16.1. The molecular formula is C25H32N2O. The third-order valence-electron chi connectivity index (χ3n) is 6.50. The van der Waals surface area contributed by atoms with Gasteiger partial charge in [-0.15, -0.1) is 0 Å². The molecule has 0 bridgehead atoms. The molecule has 1 saturated heterocycles. The summed E-state index contributed by atoms with van der Waals surface area (Å²) < 4.78 is 0. The van der Waals surface area contributed by atoms with Crippen molar-refractivity contribution in [1.29, 1.82) is 0 Å². The highest BCUT2D eigenvalue weighted by molar-refractivity contribution is 5.94. The molecule has 0 saturated carbocycles. The molecule has 1 aliphatic carbocycles. The summed E-state index contributed by atoms with van der Waals surface area (Å²) in [5.41, 5.74) is 6.00. The maximum Gasteiger partial charge on any atom is 0.251 e. The molecule has 2 aliphatic rings. The fourth-order valence-electron chi connectivity index (χ4n) is 4.48. The monoisotopic (exact) mass is 376 g/mol. The van der Waals surface area contributed by atoms with E-state index in [1.807, 2.05) is 6.07 Å². The van der Waals surface area contributed by atoms with Crippen molar-refractivity contribution < 1.29 is 4.79 Å². The Bertz CT molecular complexity index is 819. The predicted octanol–water partition coefficient (Wildman–Crippen LogP) is 5.29. The molecule has 1 heterocycles. The molecule has 2 aromatic rings. The van der Waals surface area contributed by atoms with E-state index in [1.54, 1.807) is 0 Å². The lowest BCUT2D eigenvalue weighted by Crippen LogP contribution is -2.32. The zero-order chi connectivity index (χ0) is 19.5. The van der Waals surface area contributed by atoms with E-state index < -0.39 is 0 Å². The van der Waals surface area contributed by atoms with Crippen molar-refractivity contribution in [3.8, 4) is 0 Å². The number of rotatable bonds is 4. The highest BCUT2D eigenvalue weighted by Crippen LogP contribution is 2.25. The second-order valence-corrected chi connectivity index (χ2v) is 8.65. The third-order valence-corrected chi connectivity index (χ3v) is 6.50. The van der Waals surface area contributed by atoms with Gasteiger partial charge in [-0.25, -0.2) is 0 Å². The Morgan fingerprint density at radius 3 is 2.39 bits per heavy atom. The Balaban J connectivity index is 1.39. The van der Waals surface area contributed by atoms with E-state index in [0.717, 1.165) is 43.0 Å². The molecule has 4 rings (SSSR count). The lowest BCUT2D eigenvalue weighted by molar-refractivity contribution is 0.0939. The van der Waals surface area contributed by atoms with Gasteiger partial charge in [-0.2, -0.15) is 0 Å². The van der Waals surface area contributed by atoms with Gasteiger partial charge in [-0.05, 0) is 92.3 Å². The van der Waals surface area contributed by atoms with Gasteiger partial charge in [0.05, 0.1) is 6.04 Å².